The van der Waals surface area contributed by atoms with E-state index in [1.165, 1.54) is 19.3 Å². The first-order valence-electron chi connectivity index (χ1n) is 13.2. The fourth-order valence-corrected chi connectivity index (χ4v) is 5.83. The van der Waals surface area contributed by atoms with Crippen LogP contribution in [0.5, 0.6) is 5.75 Å². The van der Waals surface area contributed by atoms with Crippen LogP contribution in [0.4, 0.5) is 0 Å². The van der Waals surface area contributed by atoms with Gasteiger partial charge in [0.25, 0.3) is 5.91 Å². The molecule has 0 saturated heterocycles. The lowest BCUT2D eigenvalue weighted by molar-refractivity contribution is -0.139. The molecular weight excluding hydrogens is 496 g/mol. The lowest BCUT2D eigenvalue weighted by atomic mass is 9.95. The van der Waals surface area contributed by atoms with Gasteiger partial charge >= 0.3 is 5.97 Å². The highest BCUT2D eigenvalue weighted by Gasteiger charge is 2.26. The average Bonchev–Trinajstić information content (AvgIpc) is 3.66. The van der Waals surface area contributed by atoms with Crippen molar-refractivity contribution in [3.8, 4) is 17.1 Å². The molecule has 1 aliphatic carbocycles. The molecule has 0 unspecified atom stereocenters. The third kappa shape index (κ3) is 4.65. The summed E-state index contributed by atoms with van der Waals surface area (Å²) in [6, 6.07) is 11.4. The normalized spacial score (nSPS) is 15.1. The molecular formula is C30H30N4O5. The molecule has 0 radical (unpaired) electrons. The molecule has 0 bridgehead atoms. The van der Waals surface area contributed by atoms with Crippen molar-refractivity contribution in [3.05, 3.63) is 72.3 Å². The standard InChI is InChI=1S/C30H30N4O5/c1-33-16-20(23-15-22(35)8-10-26(23)33)14-25(30(37)38)32-29(36)18-7-9-27-24(13-18)31-28(19-11-12-39-17-19)34(27)21-5-3-2-4-6-21/h7-13,15-17,21,25,35H,2-6,14H2,1H3,(H,32,36)(H,37,38)/t25-/m0/s1. The summed E-state index contributed by atoms with van der Waals surface area (Å²) >= 11 is 0. The van der Waals surface area contributed by atoms with Crippen LogP contribution < -0.4 is 5.32 Å². The van der Waals surface area contributed by atoms with Gasteiger partial charge in [-0.15, -0.1) is 0 Å². The van der Waals surface area contributed by atoms with Gasteiger partial charge < -0.3 is 29.1 Å². The zero-order chi connectivity index (χ0) is 27.1. The quantitative estimate of drug-likeness (QED) is 0.260. The van der Waals surface area contributed by atoms with Crippen molar-refractivity contribution in [3.63, 3.8) is 0 Å². The lowest BCUT2D eigenvalue weighted by Gasteiger charge is -2.25. The minimum absolute atomic E-state index is 0.0745. The number of aliphatic carboxylic acids is 1. The minimum atomic E-state index is -1.15. The molecule has 2 aromatic carbocycles. The predicted molar refractivity (Wildman–Crippen MR) is 147 cm³/mol. The molecule has 3 N–H and O–H groups in total. The van der Waals surface area contributed by atoms with E-state index in [2.05, 4.69) is 9.88 Å². The molecule has 1 aliphatic rings. The van der Waals surface area contributed by atoms with E-state index in [1.807, 2.05) is 29.9 Å². The van der Waals surface area contributed by atoms with Gasteiger partial charge in [0.15, 0.2) is 0 Å². The molecule has 1 amide bonds. The second-order valence-corrected chi connectivity index (χ2v) is 10.3. The number of rotatable bonds is 7. The van der Waals surface area contributed by atoms with Crippen molar-refractivity contribution in [1.29, 1.82) is 0 Å². The first-order chi connectivity index (χ1) is 18.9. The maximum absolute atomic E-state index is 13.3. The van der Waals surface area contributed by atoms with E-state index in [9.17, 15) is 19.8 Å². The third-order valence-electron chi connectivity index (χ3n) is 7.75. The molecule has 1 saturated carbocycles. The van der Waals surface area contributed by atoms with E-state index < -0.39 is 17.9 Å². The maximum atomic E-state index is 13.3. The van der Waals surface area contributed by atoms with E-state index in [4.69, 9.17) is 9.40 Å². The van der Waals surface area contributed by atoms with E-state index in [1.54, 1.807) is 42.9 Å². The van der Waals surface area contributed by atoms with Gasteiger partial charge in [-0.25, -0.2) is 9.78 Å². The second-order valence-electron chi connectivity index (χ2n) is 10.3. The van der Waals surface area contributed by atoms with Crippen LogP contribution >= 0.6 is 0 Å². The van der Waals surface area contributed by atoms with Gasteiger partial charge in [0.2, 0.25) is 0 Å². The van der Waals surface area contributed by atoms with Crippen molar-refractivity contribution in [2.75, 3.05) is 0 Å². The Morgan fingerprint density at radius 1 is 1.10 bits per heavy atom. The molecule has 39 heavy (non-hydrogen) atoms. The van der Waals surface area contributed by atoms with Gasteiger partial charge in [0.1, 0.15) is 23.9 Å². The number of carboxylic acids is 1. The number of aromatic nitrogens is 3. The Balaban J connectivity index is 1.30. The van der Waals surface area contributed by atoms with Crippen molar-refractivity contribution in [1.82, 2.24) is 19.4 Å². The molecule has 1 atom stereocenters. The number of nitrogens with zero attached hydrogens (tertiary/aromatic N) is 3. The van der Waals surface area contributed by atoms with E-state index in [-0.39, 0.29) is 12.2 Å². The van der Waals surface area contributed by atoms with Crippen LogP contribution in [-0.2, 0) is 18.3 Å². The molecule has 9 heteroatoms. The average molecular weight is 527 g/mol. The summed E-state index contributed by atoms with van der Waals surface area (Å²) in [4.78, 5) is 30.3. The van der Waals surface area contributed by atoms with Crippen LogP contribution in [0.25, 0.3) is 33.3 Å². The largest absolute Gasteiger partial charge is 0.508 e. The number of fused-ring (bicyclic) bond motifs is 2. The Labute approximate surface area is 224 Å². The monoisotopic (exact) mass is 526 g/mol. The van der Waals surface area contributed by atoms with E-state index in [0.29, 0.717) is 17.1 Å². The fraction of sp³-hybridized carbons (Fsp3) is 0.300. The number of aryl methyl sites for hydroxylation is 1. The van der Waals surface area contributed by atoms with Crippen molar-refractivity contribution in [2.45, 2.75) is 50.6 Å². The van der Waals surface area contributed by atoms with Gasteiger partial charge in [-0.05, 0) is 60.9 Å². The SMILES string of the molecule is Cn1cc(C[C@H](NC(=O)c2ccc3c(c2)nc(-c2ccoc2)n3C2CCCCC2)C(=O)O)c2cc(O)ccc21. The molecule has 6 rings (SSSR count). The minimum Gasteiger partial charge on any atom is -0.508 e. The predicted octanol–water partition coefficient (Wildman–Crippen LogP) is 5.42. The fourth-order valence-electron chi connectivity index (χ4n) is 5.83. The number of imidazole rings is 1. The van der Waals surface area contributed by atoms with Gasteiger partial charge in [-0.2, -0.15) is 0 Å². The third-order valence-corrected chi connectivity index (χ3v) is 7.75. The Morgan fingerprint density at radius 2 is 1.90 bits per heavy atom. The summed E-state index contributed by atoms with van der Waals surface area (Å²) in [5.41, 5.74) is 4.44. The highest BCUT2D eigenvalue weighted by atomic mass is 16.4. The van der Waals surface area contributed by atoms with Gasteiger partial charge in [0.05, 0.1) is 22.9 Å². The van der Waals surface area contributed by atoms with Crippen molar-refractivity contribution < 1.29 is 24.2 Å². The Bertz CT molecular complexity index is 1670. The Kier molecular flexibility index (Phi) is 6.34. The smallest absolute Gasteiger partial charge is 0.326 e. The zero-order valence-electron chi connectivity index (χ0n) is 21.6. The molecule has 5 aromatic rings. The lowest BCUT2D eigenvalue weighted by Crippen LogP contribution is -2.42. The summed E-state index contributed by atoms with van der Waals surface area (Å²) < 4.78 is 9.47. The number of phenols is 1. The molecule has 200 valence electrons. The molecule has 0 aliphatic heterocycles. The summed E-state index contributed by atoms with van der Waals surface area (Å²) in [6.45, 7) is 0. The van der Waals surface area contributed by atoms with Gasteiger partial charge in [0, 0.05) is 42.2 Å². The number of carboxylic acid groups (broad SMARTS) is 1. The number of benzene rings is 2. The van der Waals surface area contributed by atoms with Crippen molar-refractivity contribution in [2.24, 2.45) is 7.05 Å². The van der Waals surface area contributed by atoms with Crippen molar-refractivity contribution >= 4 is 33.8 Å². The summed E-state index contributed by atoms with van der Waals surface area (Å²) in [7, 11) is 1.86. The number of aromatic hydroxyl groups is 1. The van der Waals surface area contributed by atoms with Crippen LogP contribution in [0, 0.1) is 0 Å². The van der Waals surface area contributed by atoms with Gasteiger partial charge in [-0.3, -0.25) is 4.79 Å². The van der Waals surface area contributed by atoms with Crippen LogP contribution in [0.3, 0.4) is 0 Å². The van der Waals surface area contributed by atoms with Crippen LogP contribution in [-0.4, -0.2) is 42.2 Å². The summed E-state index contributed by atoms with van der Waals surface area (Å²) in [5, 5.41) is 23.3. The topological polar surface area (TPSA) is 123 Å². The first kappa shape index (κ1) is 24.8. The summed E-state index contributed by atoms with van der Waals surface area (Å²) in [5.74, 6) is -0.706. The highest BCUT2D eigenvalue weighted by molar-refractivity contribution is 6.00. The van der Waals surface area contributed by atoms with Crippen LogP contribution in [0.2, 0.25) is 0 Å². The van der Waals surface area contributed by atoms with E-state index in [0.717, 1.165) is 46.2 Å². The second kappa shape index (κ2) is 9.98. The van der Waals surface area contributed by atoms with Crippen LogP contribution in [0.15, 0.2) is 65.6 Å². The number of furan rings is 1. The number of phenolic OH excluding ortho intramolecular Hbond substituents is 1. The Morgan fingerprint density at radius 3 is 2.64 bits per heavy atom. The highest BCUT2D eigenvalue weighted by Crippen LogP contribution is 2.36. The Hall–Kier alpha value is -4.53. The first-order valence-corrected chi connectivity index (χ1v) is 13.2. The molecule has 1 fully saturated rings. The molecule has 3 aromatic heterocycles. The number of carbonyl (C=O) groups excluding carboxylic acids is 1. The number of hydrogen-bond acceptors (Lipinski definition) is 5. The number of nitrogens with one attached hydrogen (secondary N) is 1. The molecule has 0 spiro atoms. The maximum Gasteiger partial charge on any atom is 0.326 e. The van der Waals surface area contributed by atoms with E-state index >= 15 is 0 Å². The van der Waals surface area contributed by atoms with Gasteiger partial charge in [-0.1, -0.05) is 19.3 Å². The number of amides is 1. The summed E-state index contributed by atoms with van der Waals surface area (Å²) in [6.07, 6.45) is 10.9. The van der Waals surface area contributed by atoms with Crippen LogP contribution in [0.1, 0.15) is 54.1 Å². The molecule has 9 nitrogen and oxygen atoms in total. The molecule has 3 heterocycles. The zero-order valence-corrected chi connectivity index (χ0v) is 21.6. The number of carbonyl (C=O) groups is 2. The number of hydrogen-bond donors (Lipinski definition) is 3.